The fourth-order valence-electron chi connectivity index (χ4n) is 14.1. The van der Waals surface area contributed by atoms with E-state index in [4.69, 9.17) is 49.0 Å². The fraction of sp³-hybridized carbons (Fsp3) is 0.0471. The molecule has 0 radical (unpaired) electrons. The van der Waals surface area contributed by atoms with Gasteiger partial charge in [0.2, 0.25) is 27.9 Å². The minimum atomic E-state index is -5.31. The van der Waals surface area contributed by atoms with Gasteiger partial charge in [0.15, 0.2) is 21.3 Å². The van der Waals surface area contributed by atoms with E-state index in [9.17, 15) is 82.8 Å². The molecule has 0 amide bonds. The van der Waals surface area contributed by atoms with Gasteiger partial charge in [-0.3, -0.25) is 27.5 Å². The molecule has 0 fully saturated rings. The van der Waals surface area contributed by atoms with Gasteiger partial charge >= 0.3 is 19.5 Å². The van der Waals surface area contributed by atoms with Gasteiger partial charge in [0, 0.05) is 78.3 Å². The Kier molecular flexibility index (Phi) is 25.4. The SMILES string of the molecule is CS(=O)(=O)Nc1cccc(Nc2nc(Nc3cc(S(=O)(=O)O)cc4cc(S(C)(=O)=O)c(N=Nc5cccc6ccccc56)c(O)c34)nc(Nc3cc(S(=O)(=O)O)cc4cc(S(=O)(=O)O)c(N=Nc5cccc6ccccc56)c(O)c34)n2)c1.CS(=O)(=O)O.CS(=O)(=O)O.[Zn+2].c1ccc2c(c1)-c1nc-2nc2[n-]c(nc3nc(nc4[n-]c(n1)c1ccccc41)-c1ccccc1-3)c1ccccc21. The summed E-state index contributed by atoms with van der Waals surface area (Å²) >= 11 is 0. The summed E-state index contributed by atoms with van der Waals surface area (Å²) in [4.78, 5) is 49.0. The number of fused-ring (bicyclic) bond motifs is 24. The smallest absolute Gasteiger partial charge is 0.505 e. The van der Waals surface area contributed by atoms with E-state index in [1.165, 1.54) is 30.3 Å². The maximum absolute atomic E-state index is 13.4. The van der Waals surface area contributed by atoms with Crippen molar-refractivity contribution in [3.05, 3.63) is 243 Å². The van der Waals surface area contributed by atoms with Crippen molar-refractivity contribution in [1.29, 1.82) is 0 Å². The number of anilines is 7. The Morgan fingerprint density at radius 2 is 0.624 bits per heavy atom. The molecule has 0 saturated heterocycles. The van der Waals surface area contributed by atoms with Crippen LogP contribution in [0.5, 0.6) is 11.5 Å². The minimum absolute atomic E-state index is 0. The van der Waals surface area contributed by atoms with Crippen LogP contribution in [0, 0.1) is 0 Å². The zero-order valence-electron chi connectivity index (χ0n) is 68.7. The maximum atomic E-state index is 13.4. The third-order valence-corrected chi connectivity index (χ3v) is 23.7. The van der Waals surface area contributed by atoms with E-state index in [-0.39, 0.29) is 53.0 Å². The molecule has 6 heterocycles. The number of hydrogen-bond donors (Lipinski definition) is 11. The van der Waals surface area contributed by atoms with Crippen LogP contribution in [0.1, 0.15) is 0 Å². The maximum Gasteiger partial charge on any atom is 2.00 e. The van der Waals surface area contributed by atoms with Crippen molar-refractivity contribution in [3.8, 4) is 57.1 Å². The molecule has 19 rings (SSSR count). The number of aromatic hydroxyl groups is 2. The molecule has 2 aliphatic heterocycles. The van der Waals surface area contributed by atoms with Gasteiger partial charge in [-0.2, -0.15) is 57.0 Å². The summed E-state index contributed by atoms with van der Waals surface area (Å²) in [5.41, 5.74) is 4.03. The van der Waals surface area contributed by atoms with Gasteiger partial charge in [-0.25, -0.2) is 26.8 Å². The number of nitrogens with zero attached hydrogens (tertiary/aromatic N) is 15. The van der Waals surface area contributed by atoms with Crippen molar-refractivity contribution in [1.82, 2.24) is 54.8 Å². The summed E-state index contributed by atoms with van der Waals surface area (Å²) in [7, 11) is -31.1. The van der Waals surface area contributed by atoms with Crippen LogP contribution in [0.15, 0.2) is 283 Å². The van der Waals surface area contributed by atoms with Gasteiger partial charge in [-0.05, 0) is 110 Å². The van der Waals surface area contributed by atoms with Crippen LogP contribution in [0.2, 0.25) is 0 Å². The molecule has 0 aliphatic carbocycles. The third kappa shape index (κ3) is 21.0. The monoisotopic (exact) mass is 1970 g/mol. The molecule has 0 spiro atoms. The molecule has 4 aromatic heterocycles. The van der Waals surface area contributed by atoms with Crippen LogP contribution in [-0.4, -0.2) is 162 Å². The molecule has 2 aliphatic rings. The van der Waals surface area contributed by atoms with Gasteiger partial charge in [0.1, 0.15) is 16.3 Å². The average Bonchev–Trinajstić information content (AvgIpc) is 1.74. The molecular weight excluding hydrogens is 1910 g/mol. The second-order valence-electron chi connectivity index (χ2n) is 29.1. The zero-order chi connectivity index (χ0) is 93.9. The first-order chi connectivity index (χ1) is 62.4. The molecule has 8 bridgehead atoms. The predicted molar refractivity (Wildman–Crippen MR) is 494 cm³/mol. The number of phenolic OH excluding ortho intramolecular Hbond substituents is 2. The first kappa shape index (κ1) is 93.0. The first-order valence-corrected chi connectivity index (χ1v) is 49.8. The second kappa shape index (κ2) is 36.2. The summed E-state index contributed by atoms with van der Waals surface area (Å²) in [6.07, 6.45) is 3.14. The van der Waals surface area contributed by atoms with E-state index in [1.807, 2.05) is 97.1 Å². The van der Waals surface area contributed by atoms with Crippen molar-refractivity contribution in [2.45, 2.75) is 19.6 Å². The third-order valence-electron chi connectivity index (χ3n) is 19.4. The van der Waals surface area contributed by atoms with Gasteiger partial charge in [-0.1, -0.05) is 176 Å². The average molecular weight is 1980 g/mol. The van der Waals surface area contributed by atoms with E-state index in [2.05, 4.69) is 56.1 Å². The number of phenols is 2. The van der Waals surface area contributed by atoms with E-state index >= 15 is 0 Å². The van der Waals surface area contributed by atoms with E-state index < -0.39 is 153 Å². The molecule has 11 N–H and O–H groups in total. The number of sulfone groups is 1. The molecule has 13 aromatic carbocycles. The summed E-state index contributed by atoms with van der Waals surface area (Å²) < 4.78 is 214. The van der Waals surface area contributed by atoms with E-state index in [0.717, 1.165) is 98.1 Å². The Bertz CT molecular complexity index is 8230. The molecule has 668 valence electrons. The van der Waals surface area contributed by atoms with Crippen LogP contribution in [-0.2, 0) is 89.9 Å². The Hall–Kier alpha value is -14.7. The van der Waals surface area contributed by atoms with Crippen LogP contribution in [0.25, 0.3) is 133 Å². The van der Waals surface area contributed by atoms with Gasteiger partial charge in [0.25, 0.3) is 50.6 Å². The molecule has 40 nitrogen and oxygen atoms in total. The van der Waals surface area contributed by atoms with Crippen LogP contribution in [0.3, 0.4) is 0 Å². The quantitative estimate of drug-likeness (QED) is 0.0243. The van der Waals surface area contributed by atoms with Crippen LogP contribution in [0.4, 0.5) is 63.3 Å². The van der Waals surface area contributed by atoms with Crippen molar-refractivity contribution in [3.63, 3.8) is 0 Å². The zero-order valence-corrected chi connectivity index (χ0v) is 77.4. The molecule has 17 aromatic rings. The molecule has 133 heavy (non-hydrogen) atoms. The summed E-state index contributed by atoms with van der Waals surface area (Å²) in [6.45, 7) is 0. The minimum Gasteiger partial charge on any atom is -0.505 e. The number of azo groups is 2. The van der Waals surface area contributed by atoms with Gasteiger partial charge in [0.05, 0.1) is 85.2 Å². The van der Waals surface area contributed by atoms with E-state index in [0.29, 0.717) is 74.6 Å². The topological polar surface area (TPSA) is 622 Å². The number of sulfonamides is 1. The Balaban J connectivity index is 0.000000217. The predicted octanol–water partition coefficient (Wildman–Crippen LogP) is 15.6. The number of aromatic nitrogens is 11. The molecule has 0 saturated carbocycles. The Morgan fingerprint density at radius 3 is 0.977 bits per heavy atom. The number of benzene rings is 13. The van der Waals surface area contributed by atoms with Crippen LogP contribution >= 0.6 is 0 Å². The molecule has 48 heteroatoms. The van der Waals surface area contributed by atoms with Crippen molar-refractivity contribution < 1.29 is 111 Å². The van der Waals surface area contributed by atoms with Crippen molar-refractivity contribution in [2.24, 2.45) is 20.5 Å². The number of rotatable bonds is 16. The number of hydrogen-bond acceptors (Lipinski definition) is 32. The first-order valence-electron chi connectivity index (χ1n) is 38.0. The molecular formula is C85H63N19O21S7Zn. The standard InChI is InChI=1S/C51H39N11O15S5.C32H16N8.2CH4O3S.Zn/c1-78(65,66)41-22-29-20-33(80(69,70)71)25-39(43(29)47(63)45(41)60-58-37-18-7-12-27-10-3-5-16-35(27)37)53-50-55-49(52-31-14-9-15-32(24-31)62-79(2,67)68)56-51(57-50)54-40-26-34(81(72,73)74)21-30-23-42(82(75,76)77)46(48(64)44(30)40)61-59-38-19-8-13-28-11-4-6-17-36(28)38;1-2-10-18-17(9-1)25-33-26(18)38-28-21-13-5-6-14-22(21)30(35-28)40-32-24-16-8-7-15-23(24)31(36-32)39-29-20-12-4-3-11-19(20)27(34-29)37-25;2*1-5(2,3)4;/h3-26,62-64H,1-2H3,(H,69,70,71)(H,72,73,74)(H,75,76,77)(H3,52,53,54,55,56,57);1-16H;2*1H3,(H,2,3,4);/q;-2;;;+2. The largest absolute Gasteiger partial charge is 2.00 e. The van der Waals surface area contributed by atoms with Gasteiger partial charge in [-0.15, -0.1) is 20.5 Å². The Morgan fingerprint density at radius 1 is 0.308 bits per heavy atom. The number of nitrogens with one attached hydrogen (secondary N) is 4. The van der Waals surface area contributed by atoms with Crippen LogP contribution < -0.4 is 30.6 Å². The van der Waals surface area contributed by atoms with Gasteiger partial charge < -0.3 is 56.1 Å². The summed E-state index contributed by atoms with van der Waals surface area (Å²) in [5, 5.41) is 53.9. The second-order valence-corrected chi connectivity index (χ2v) is 40.0. The van der Waals surface area contributed by atoms with Crippen molar-refractivity contribution >= 4 is 221 Å². The fourth-order valence-corrected chi connectivity index (χ4v) is 17.3. The summed E-state index contributed by atoms with van der Waals surface area (Å²) in [5.74, 6) is -1.35. The van der Waals surface area contributed by atoms with Crippen molar-refractivity contribution in [2.75, 3.05) is 45.7 Å². The molecule has 0 unspecified atom stereocenters. The molecule has 0 atom stereocenters. The summed E-state index contributed by atoms with van der Waals surface area (Å²) in [6, 6.07) is 66.4. The van der Waals surface area contributed by atoms with E-state index in [1.54, 1.807) is 78.9 Å². The Labute approximate surface area is 766 Å². The normalized spacial score (nSPS) is 12.3.